The molecule has 0 saturated heterocycles. The molecular weight excluding hydrogens is 434 g/mol. The van der Waals surface area contributed by atoms with Gasteiger partial charge in [0, 0.05) is 25.6 Å². The largest absolute Gasteiger partial charge is 0.497 e. The minimum Gasteiger partial charge on any atom is -0.497 e. The first-order valence-corrected chi connectivity index (χ1v) is 12.2. The van der Waals surface area contributed by atoms with Gasteiger partial charge in [-0.1, -0.05) is 72.8 Å². The highest BCUT2D eigenvalue weighted by Crippen LogP contribution is 2.30. The summed E-state index contributed by atoms with van der Waals surface area (Å²) in [6.45, 7) is 5.61. The Morgan fingerprint density at radius 1 is 0.857 bits per heavy atom. The third-order valence-corrected chi connectivity index (χ3v) is 7.10. The van der Waals surface area contributed by atoms with Crippen LogP contribution < -0.4 is 10.3 Å². The zero-order chi connectivity index (χ0) is 24.4. The first-order chi connectivity index (χ1) is 17.1. The van der Waals surface area contributed by atoms with Crippen LogP contribution in [-0.2, 0) is 13.0 Å². The number of rotatable bonds is 6. The summed E-state index contributed by atoms with van der Waals surface area (Å²) in [4.78, 5) is 21.4. The maximum absolute atomic E-state index is 14.1. The highest BCUT2D eigenvalue weighted by molar-refractivity contribution is 5.35. The Labute approximate surface area is 206 Å². The molecular formula is C30H31N3O2. The van der Waals surface area contributed by atoms with Crippen LogP contribution in [0.2, 0.25) is 0 Å². The summed E-state index contributed by atoms with van der Waals surface area (Å²) in [6.07, 6.45) is 0.772. The molecule has 2 heterocycles. The standard InChI is InChI=1S/C30H31N3O2/c1-21(23-14-16-26(35-3)17-15-23)32-19-18-28-27(20-32)30(34)33(22(2)31-28)29(24-10-6-4-7-11-24)25-12-8-5-9-13-25/h4-17,21,29H,18-20H2,1-3H3. The summed E-state index contributed by atoms with van der Waals surface area (Å²) >= 11 is 0. The van der Waals surface area contributed by atoms with Gasteiger partial charge in [-0.2, -0.15) is 0 Å². The van der Waals surface area contributed by atoms with Gasteiger partial charge in [0.15, 0.2) is 0 Å². The summed E-state index contributed by atoms with van der Waals surface area (Å²) in [6, 6.07) is 28.6. The van der Waals surface area contributed by atoms with Crippen LogP contribution in [0.5, 0.6) is 5.75 Å². The normalized spacial score (nSPS) is 14.5. The summed E-state index contributed by atoms with van der Waals surface area (Å²) in [5, 5.41) is 0. The van der Waals surface area contributed by atoms with Gasteiger partial charge in [0.2, 0.25) is 0 Å². The van der Waals surface area contributed by atoms with Crippen molar-refractivity contribution in [3.8, 4) is 5.75 Å². The number of fused-ring (bicyclic) bond motifs is 1. The fourth-order valence-electron chi connectivity index (χ4n) is 5.12. The molecule has 0 N–H and O–H groups in total. The average Bonchev–Trinajstić information content (AvgIpc) is 2.91. The maximum Gasteiger partial charge on any atom is 0.259 e. The Morgan fingerprint density at radius 3 is 2.03 bits per heavy atom. The molecule has 0 fully saturated rings. The van der Waals surface area contributed by atoms with E-state index in [1.807, 2.05) is 60.0 Å². The highest BCUT2D eigenvalue weighted by atomic mass is 16.5. The van der Waals surface area contributed by atoms with E-state index in [1.165, 1.54) is 5.56 Å². The molecule has 0 radical (unpaired) electrons. The molecule has 1 aromatic heterocycles. The van der Waals surface area contributed by atoms with Crippen molar-refractivity contribution in [1.29, 1.82) is 0 Å². The molecule has 0 saturated carbocycles. The Hall–Kier alpha value is -3.70. The fourth-order valence-corrected chi connectivity index (χ4v) is 5.12. The van der Waals surface area contributed by atoms with Crippen LogP contribution in [0.4, 0.5) is 0 Å². The van der Waals surface area contributed by atoms with Crippen LogP contribution in [0.3, 0.4) is 0 Å². The number of methoxy groups -OCH3 is 1. The van der Waals surface area contributed by atoms with E-state index in [0.29, 0.717) is 6.54 Å². The lowest BCUT2D eigenvalue weighted by Crippen LogP contribution is -2.41. The molecule has 178 valence electrons. The van der Waals surface area contributed by atoms with Crippen LogP contribution in [-0.4, -0.2) is 28.1 Å². The lowest BCUT2D eigenvalue weighted by atomic mass is 9.97. The van der Waals surface area contributed by atoms with E-state index in [1.54, 1.807) is 7.11 Å². The topological polar surface area (TPSA) is 47.4 Å². The molecule has 0 amide bonds. The Balaban J connectivity index is 1.55. The Morgan fingerprint density at radius 2 is 1.46 bits per heavy atom. The van der Waals surface area contributed by atoms with Crippen molar-refractivity contribution in [1.82, 2.24) is 14.5 Å². The summed E-state index contributed by atoms with van der Waals surface area (Å²) < 4.78 is 7.19. The molecule has 1 atom stereocenters. The monoisotopic (exact) mass is 465 g/mol. The van der Waals surface area contributed by atoms with Gasteiger partial charge in [-0.05, 0) is 42.7 Å². The van der Waals surface area contributed by atoms with Crippen molar-refractivity contribution in [2.24, 2.45) is 0 Å². The summed E-state index contributed by atoms with van der Waals surface area (Å²) in [7, 11) is 1.68. The van der Waals surface area contributed by atoms with Crippen LogP contribution in [0.1, 0.15) is 52.8 Å². The van der Waals surface area contributed by atoms with E-state index in [2.05, 4.69) is 48.2 Å². The first-order valence-electron chi connectivity index (χ1n) is 12.2. The number of hydrogen-bond acceptors (Lipinski definition) is 4. The van der Waals surface area contributed by atoms with E-state index in [-0.39, 0.29) is 17.6 Å². The van der Waals surface area contributed by atoms with Crippen LogP contribution >= 0.6 is 0 Å². The Kier molecular flexibility index (Phi) is 6.51. The third-order valence-electron chi connectivity index (χ3n) is 7.10. The molecule has 0 spiro atoms. The number of nitrogens with zero attached hydrogens (tertiary/aromatic N) is 3. The first kappa shape index (κ1) is 23.1. The quantitative estimate of drug-likeness (QED) is 0.387. The van der Waals surface area contributed by atoms with Gasteiger partial charge in [-0.15, -0.1) is 0 Å². The number of aromatic nitrogens is 2. The SMILES string of the molecule is COc1ccc(C(C)N2CCc3nc(C)n(C(c4ccccc4)c4ccccc4)c(=O)c3C2)cc1. The molecule has 1 aliphatic heterocycles. The molecule has 1 aliphatic rings. The van der Waals surface area contributed by atoms with Gasteiger partial charge < -0.3 is 4.74 Å². The molecule has 0 aliphatic carbocycles. The zero-order valence-corrected chi connectivity index (χ0v) is 20.5. The van der Waals surface area contributed by atoms with Crippen molar-refractivity contribution < 1.29 is 4.74 Å². The van der Waals surface area contributed by atoms with Gasteiger partial charge >= 0.3 is 0 Å². The minimum atomic E-state index is -0.225. The second-order valence-electron chi connectivity index (χ2n) is 9.15. The van der Waals surface area contributed by atoms with Crippen LogP contribution in [0.25, 0.3) is 0 Å². The lowest BCUT2D eigenvalue weighted by molar-refractivity contribution is 0.188. The predicted molar refractivity (Wildman–Crippen MR) is 139 cm³/mol. The maximum atomic E-state index is 14.1. The van der Waals surface area contributed by atoms with Gasteiger partial charge in [-0.25, -0.2) is 4.98 Å². The van der Waals surface area contributed by atoms with Gasteiger partial charge in [0.05, 0.1) is 24.4 Å². The second kappa shape index (κ2) is 9.88. The smallest absolute Gasteiger partial charge is 0.259 e. The summed E-state index contributed by atoms with van der Waals surface area (Å²) in [5.74, 6) is 1.60. The molecule has 0 bridgehead atoms. The van der Waals surface area contributed by atoms with Crippen molar-refractivity contribution >= 4 is 0 Å². The van der Waals surface area contributed by atoms with Gasteiger partial charge in [0.25, 0.3) is 5.56 Å². The lowest BCUT2D eigenvalue weighted by Gasteiger charge is -2.34. The molecule has 5 nitrogen and oxygen atoms in total. The number of ether oxygens (including phenoxy) is 1. The van der Waals surface area contributed by atoms with Crippen molar-refractivity contribution in [2.45, 2.75) is 38.9 Å². The predicted octanol–water partition coefficient (Wildman–Crippen LogP) is 5.32. The summed E-state index contributed by atoms with van der Waals surface area (Å²) in [5.41, 5.74) is 5.15. The van der Waals surface area contributed by atoms with E-state index in [4.69, 9.17) is 9.72 Å². The van der Waals surface area contributed by atoms with Crippen molar-refractivity contribution in [3.63, 3.8) is 0 Å². The number of hydrogen-bond donors (Lipinski definition) is 0. The van der Waals surface area contributed by atoms with E-state index >= 15 is 0 Å². The highest BCUT2D eigenvalue weighted by Gasteiger charge is 2.29. The van der Waals surface area contributed by atoms with Gasteiger partial charge in [-0.3, -0.25) is 14.3 Å². The molecule has 1 unspecified atom stereocenters. The van der Waals surface area contributed by atoms with Gasteiger partial charge in [0.1, 0.15) is 11.6 Å². The van der Waals surface area contributed by atoms with E-state index in [9.17, 15) is 4.79 Å². The average molecular weight is 466 g/mol. The van der Waals surface area contributed by atoms with E-state index in [0.717, 1.165) is 46.9 Å². The van der Waals surface area contributed by atoms with E-state index < -0.39 is 0 Å². The Bertz CT molecular complexity index is 1310. The number of benzene rings is 3. The number of aryl methyl sites for hydroxylation is 1. The zero-order valence-electron chi connectivity index (χ0n) is 20.5. The molecule has 4 aromatic rings. The minimum absolute atomic E-state index is 0.0526. The van der Waals surface area contributed by atoms with Crippen LogP contribution in [0, 0.1) is 6.92 Å². The molecule has 5 rings (SSSR count). The second-order valence-corrected chi connectivity index (χ2v) is 9.15. The fraction of sp³-hybridized carbons (Fsp3) is 0.267. The third kappa shape index (κ3) is 4.52. The molecule has 3 aromatic carbocycles. The van der Waals surface area contributed by atoms with Crippen molar-refractivity contribution in [3.05, 3.63) is 129 Å². The molecule has 5 heteroatoms. The van der Waals surface area contributed by atoms with Crippen LogP contribution in [0.15, 0.2) is 89.7 Å². The molecule has 35 heavy (non-hydrogen) atoms. The van der Waals surface area contributed by atoms with Crippen molar-refractivity contribution in [2.75, 3.05) is 13.7 Å².